The van der Waals surface area contributed by atoms with Gasteiger partial charge in [0.1, 0.15) is 0 Å². The molecule has 1 aromatic rings. The molecule has 3 N–H and O–H groups in total. The van der Waals surface area contributed by atoms with E-state index in [2.05, 4.69) is 11.0 Å². The van der Waals surface area contributed by atoms with E-state index in [1.54, 1.807) is 0 Å². The van der Waals surface area contributed by atoms with Crippen LogP contribution in [0.1, 0.15) is 25.7 Å². The topological polar surface area (TPSA) is 52.7 Å². The molecule has 0 aromatic heterocycles. The first-order chi connectivity index (χ1) is 11.0. The Morgan fingerprint density at radius 2 is 1.65 bits per heavy atom. The van der Waals surface area contributed by atoms with Crippen LogP contribution in [0.15, 0.2) is 18.2 Å². The minimum absolute atomic E-state index is 0.0292. The van der Waals surface area contributed by atoms with Crippen LogP contribution in [0.25, 0.3) is 0 Å². The molecule has 4 nitrogen and oxygen atoms in total. The van der Waals surface area contributed by atoms with Gasteiger partial charge >= 0.3 is 121 Å². The van der Waals surface area contributed by atoms with E-state index in [4.69, 9.17) is 24.8 Å². The molecule has 0 amide bonds. The average Bonchev–Trinajstić information content (AvgIpc) is 2.57. The van der Waals surface area contributed by atoms with Crippen LogP contribution in [0.3, 0.4) is 0 Å². The number of aliphatic hydroxyl groups is 1. The number of nitrogen functional groups attached to an aromatic ring is 1. The summed E-state index contributed by atoms with van der Waals surface area (Å²) in [6, 6.07) is 5.91. The number of anilines is 2. The van der Waals surface area contributed by atoms with Crippen LogP contribution in [-0.2, 0) is 0 Å². The van der Waals surface area contributed by atoms with E-state index in [1.807, 2.05) is 17.0 Å². The molecule has 2 fully saturated rings. The predicted octanol–water partition coefficient (Wildman–Crippen LogP) is 2.48. The van der Waals surface area contributed by atoms with E-state index in [9.17, 15) is 5.11 Å². The second kappa shape index (κ2) is 7.04. The molecule has 1 aromatic carbocycles. The van der Waals surface area contributed by atoms with Crippen molar-refractivity contribution in [1.82, 2.24) is 4.90 Å². The Hall–Kier alpha value is -1.36. The zero-order valence-corrected chi connectivity index (χ0v) is 14.2. The Morgan fingerprint density at radius 1 is 1.09 bits per heavy atom. The van der Waals surface area contributed by atoms with Gasteiger partial charge in [-0.1, -0.05) is 11.6 Å². The standard InChI is InChI=1S/C17H24BClN3O/c18-17(23)22-9-5-13(6-10-22)12-3-7-21(8-4-12)14-1-2-16(20)15(19)11-14/h1-2,11-13,23H,3-10,20H2. The molecule has 0 atom stereocenters. The fourth-order valence-electron chi connectivity index (χ4n) is 3.94. The molecule has 0 aliphatic carbocycles. The van der Waals surface area contributed by atoms with Crippen molar-refractivity contribution in [2.75, 3.05) is 36.8 Å². The number of aliphatic hydroxyl groups excluding tert-OH is 1. The number of likely N-dealkylation sites (tertiary alicyclic amines) is 1. The van der Waals surface area contributed by atoms with Gasteiger partial charge in [0, 0.05) is 0 Å². The van der Waals surface area contributed by atoms with Gasteiger partial charge in [0.15, 0.2) is 0 Å². The van der Waals surface area contributed by atoms with Crippen LogP contribution in [0.2, 0.25) is 5.02 Å². The van der Waals surface area contributed by atoms with Crippen molar-refractivity contribution < 1.29 is 5.11 Å². The molecule has 3 rings (SSSR count). The van der Waals surface area contributed by atoms with Crippen molar-refractivity contribution in [3.05, 3.63) is 23.2 Å². The molecule has 0 saturated carbocycles. The summed E-state index contributed by atoms with van der Waals surface area (Å²) in [7, 11) is 5.47. The van der Waals surface area contributed by atoms with Crippen LogP contribution >= 0.6 is 11.6 Å². The van der Waals surface area contributed by atoms with Gasteiger partial charge in [-0.2, -0.15) is 0 Å². The second-order valence-electron chi connectivity index (χ2n) is 6.71. The number of piperidine rings is 2. The number of hydrogen-bond acceptors (Lipinski definition) is 4. The van der Waals surface area contributed by atoms with Gasteiger partial charge in [-0.05, 0) is 0 Å². The van der Waals surface area contributed by atoms with Crippen molar-refractivity contribution >= 4 is 36.2 Å². The molecule has 2 aliphatic rings. The Morgan fingerprint density at radius 3 is 2.17 bits per heavy atom. The summed E-state index contributed by atoms with van der Waals surface area (Å²) in [5.74, 6) is 1.50. The molecule has 2 heterocycles. The van der Waals surface area contributed by atoms with Gasteiger partial charge in [0.25, 0.3) is 0 Å². The molecule has 123 valence electrons. The van der Waals surface area contributed by atoms with Gasteiger partial charge in [-0.3, -0.25) is 0 Å². The van der Waals surface area contributed by atoms with Crippen LogP contribution < -0.4 is 10.6 Å². The SMILES string of the molecule is [B]=C(O)N1CCC(C2CCN(c3ccc(N)c(Cl)c3)CC2)CC1. The summed E-state index contributed by atoms with van der Waals surface area (Å²) in [5.41, 5.74) is 7.59. The molecule has 0 unspecified atom stereocenters. The molecule has 0 spiro atoms. The van der Waals surface area contributed by atoms with Crippen molar-refractivity contribution in [2.45, 2.75) is 25.7 Å². The van der Waals surface area contributed by atoms with Crippen molar-refractivity contribution in [2.24, 2.45) is 11.8 Å². The molecule has 6 heteroatoms. The van der Waals surface area contributed by atoms with E-state index in [0.717, 1.165) is 50.9 Å². The Bertz CT molecular complexity index is 567. The maximum atomic E-state index is 9.37. The zero-order chi connectivity index (χ0) is 16.4. The molecule has 23 heavy (non-hydrogen) atoms. The van der Waals surface area contributed by atoms with Crippen LogP contribution in [0.4, 0.5) is 11.4 Å². The maximum absolute atomic E-state index is 9.37. The minimum atomic E-state index is -0.0292. The number of nitrogens with zero attached hydrogens (tertiary/aromatic N) is 2. The molecular weight excluding hydrogens is 308 g/mol. The van der Waals surface area contributed by atoms with Crippen LogP contribution in [0, 0.1) is 11.8 Å². The monoisotopic (exact) mass is 332 g/mol. The molecular formula is C17H24BClN3O. The van der Waals surface area contributed by atoms with Crippen molar-refractivity contribution in [3.8, 4) is 0 Å². The first-order valence-corrected chi connectivity index (χ1v) is 8.78. The van der Waals surface area contributed by atoms with Gasteiger partial charge in [0.2, 0.25) is 0 Å². The van der Waals surface area contributed by atoms with E-state index >= 15 is 0 Å². The number of benzene rings is 1. The quantitative estimate of drug-likeness (QED) is 0.659. The number of hydrogen-bond donors (Lipinski definition) is 2. The summed E-state index contributed by atoms with van der Waals surface area (Å²) >= 11 is 6.13. The third kappa shape index (κ3) is 3.77. The van der Waals surface area contributed by atoms with Crippen LogP contribution in [-0.4, -0.2) is 49.4 Å². The zero-order valence-electron chi connectivity index (χ0n) is 13.4. The normalized spacial score (nSPS) is 20.7. The molecule has 0 bridgehead atoms. The van der Waals surface area contributed by atoms with Crippen molar-refractivity contribution in [3.63, 3.8) is 0 Å². The third-order valence-corrected chi connectivity index (χ3v) is 5.75. The van der Waals surface area contributed by atoms with Gasteiger partial charge < -0.3 is 5.73 Å². The molecule has 1 radical (unpaired) electrons. The Labute approximate surface area is 144 Å². The van der Waals surface area contributed by atoms with Gasteiger partial charge in [-0.15, -0.1) is 0 Å². The molecule has 2 aliphatic heterocycles. The summed E-state index contributed by atoms with van der Waals surface area (Å²) in [5, 5.41) is 10.0. The van der Waals surface area contributed by atoms with Gasteiger partial charge in [-0.25, -0.2) is 0 Å². The fourth-order valence-corrected chi connectivity index (χ4v) is 4.12. The fraction of sp³-hybridized carbons (Fsp3) is 0.588. The van der Waals surface area contributed by atoms with E-state index in [0.29, 0.717) is 10.7 Å². The number of halogens is 1. The third-order valence-electron chi connectivity index (χ3n) is 5.42. The Kier molecular flexibility index (Phi) is 5.05. The van der Waals surface area contributed by atoms with E-state index < -0.39 is 0 Å². The van der Waals surface area contributed by atoms with E-state index in [-0.39, 0.29) is 5.77 Å². The summed E-state index contributed by atoms with van der Waals surface area (Å²) in [4.78, 5) is 4.28. The summed E-state index contributed by atoms with van der Waals surface area (Å²) in [6.45, 7) is 3.89. The van der Waals surface area contributed by atoms with Gasteiger partial charge in [0.05, 0.1) is 5.69 Å². The number of nitrogens with two attached hydrogens (primary N) is 1. The summed E-state index contributed by atoms with van der Waals surface area (Å²) < 4.78 is 0. The van der Waals surface area contributed by atoms with E-state index in [1.165, 1.54) is 18.5 Å². The number of rotatable bonds is 3. The van der Waals surface area contributed by atoms with Crippen molar-refractivity contribution in [1.29, 1.82) is 0 Å². The first-order valence-electron chi connectivity index (χ1n) is 8.41. The second-order valence-corrected chi connectivity index (χ2v) is 7.12. The average molecular weight is 333 g/mol. The Balaban J connectivity index is 1.52. The first kappa shape index (κ1) is 16.5. The van der Waals surface area contributed by atoms with Crippen LogP contribution in [0.5, 0.6) is 0 Å². The summed E-state index contributed by atoms with van der Waals surface area (Å²) in [6.07, 6.45) is 4.68. The molecule has 2 saturated heterocycles. The predicted molar refractivity (Wildman–Crippen MR) is 97.8 cm³/mol.